The van der Waals surface area contributed by atoms with Gasteiger partial charge in [-0.3, -0.25) is 4.79 Å². The summed E-state index contributed by atoms with van der Waals surface area (Å²) in [6.45, 7) is 4.57. The minimum absolute atomic E-state index is 0.189. The van der Waals surface area contributed by atoms with Crippen LogP contribution in [0.4, 0.5) is 5.69 Å². The normalized spacial score (nSPS) is 10.4. The molecular weight excluding hydrogens is 394 g/mol. The van der Waals surface area contributed by atoms with Gasteiger partial charge in [0.25, 0.3) is 5.91 Å². The molecule has 2 aromatic carbocycles. The second-order valence-electron chi connectivity index (χ2n) is 6.24. The fraction of sp³-hybridized carbons (Fsp3) is 0.250. The number of nitrogens with zero attached hydrogens (tertiary/aromatic N) is 3. The van der Waals surface area contributed by atoms with E-state index in [9.17, 15) is 4.79 Å². The number of hydrogen-bond donors (Lipinski definition) is 2. The molecule has 0 saturated carbocycles. The van der Waals surface area contributed by atoms with Crippen molar-refractivity contribution in [1.82, 2.24) is 14.9 Å². The van der Waals surface area contributed by atoms with Gasteiger partial charge in [0, 0.05) is 5.69 Å². The lowest BCUT2D eigenvalue weighted by atomic mass is 10.2. The lowest BCUT2D eigenvalue weighted by Gasteiger charge is -2.16. The summed E-state index contributed by atoms with van der Waals surface area (Å²) in [5.41, 5.74) is 5.81. The van der Waals surface area contributed by atoms with E-state index in [0.717, 1.165) is 11.1 Å². The fourth-order valence-electron chi connectivity index (χ4n) is 2.56. The molecule has 0 saturated heterocycles. The number of benzene rings is 2. The zero-order valence-electron chi connectivity index (χ0n) is 16.2. The van der Waals surface area contributed by atoms with Crippen LogP contribution in [-0.4, -0.2) is 34.0 Å². The number of amides is 1. The zero-order chi connectivity index (χ0) is 20.6. The van der Waals surface area contributed by atoms with Gasteiger partial charge in [-0.05, 0) is 43.7 Å². The molecule has 0 unspecified atom stereocenters. The van der Waals surface area contributed by atoms with Gasteiger partial charge in [0.1, 0.15) is 12.7 Å². The molecule has 0 spiro atoms. The molecule has 8 nitrogen and oxygen atoms in total. The lowest BCUT2D eigenvalue weighted by Crippen LogP contribution is -2.20. The van der Waals surface area contributed by atoms with Crippen molar-refractivity contribution in [2.45, 2.75) is 20.4 Å². The molecule has 29 heavy (non-hydrogen) atoms. The lowest BCUT2D eigenvalue weighted by molar-refractivity contribution is -0.118. The van der Waals surface area contributed by atoms with E-state index in [1.54, 1.807) is 23.4 Å². The first-order chi connectivity index (χ1) is 14.0. The Hall–Kier alpha value is -3.26. The van der Waals surface area contributed by atoms with Crippen LogP contribution in [0.5, 0.6) is 11.5 Å². The molecule has 0 bridgehead atoms. The van der Waals surface area contributed by atoms with Gasteiger partial charge < -0.3 is 20.2 Å². The third-order valence-corrected chi connectivity index (χ3v) is 4.22. The van der Waals surface area contributed by atoms with Crippen LogP contribution in [0.2, 0.25) is 5.02 Å². The van der Waals surface area contributed by atoms with E-state index in [1.807, 2.05) is 44.2 Å². The highest BCUT2D eigenvalue weighted by atomic mass is 35.5. The van der Waals surface area contributed by atoms with Gasteiger partial charge in [-0.2, -0.15) is 0 Å². The highest BCUT2D eigenvalue weighted by molar-refractivity contribution is 6.32. The summed E-state index contributed by atoms with van der Waals surface area (Å²) in [5.74, 6) is 0.523. The topological polar surface area (TPSA) is 90.3 Å². The molecule has 0 radical (unpaired) electrons. The molecule has 1 heterocycles. The standard InChI is InChI=1S/C20H22ClN5O3/c1-3-28-18-9-15(10-24-26-12-22-23-13-26)8-17(21)20(18)29-11-19(27)25-16-6-4-14(2)5-7-16/h4-9,12-13,24H,3,10-11H2,1-2H3,(H,25,27). The number of halogens is 1. The number of anilines is 1. The Morgan fingerprint density at radius 1 is 1.14 bits per heavy atom. The van der Waals surface area contributed by atoms with E-state index in [0.29, 0.717) is 35.4 Å². The molecule has 1 amide bonds. The Bertz CT molecular complexity index is 946. The average molecular weight is 416 g/mol. The van der Waals surface area contributed by atoms with Crippen molar-refractivity contribution in [2.24, 2.45) is 0 Å². The molecule has 3 aromatic rings. The molecule has 0 aliphatic heterocycles. The Morgan fingerprint density at radius 3 is 2.55 bits per heavy atom. The van der Waals surface area contributed by atoms with Gasteiger partial charge >= 0.3 is 0 Å². The van der Waals surface area contributed by atoms with Gasteiger partial charge in [0.05, 0.1) is 18.2 Å². The summed E-state index contributed by atoms with van der Waals surface area (Å²) in [6.07, 6.45) is 3.10. The molecule has 2 N–H and O–H groups in total. The second kappa shape index (κ2) is 9.79. The Morgan fingerprint density at radius 2 is 1.86 bits per heavy atom. The largest absolute Gasteiger partial charge is 0.490 e. The molecule has 0 aliphatic carbocycles. The Kier molecular flexibility index (Phi) is 6.91. The van der Waals surface area contributed by atoms with Crippen LogP contribution in [-0.2, 0) is 11.3 Å². The predicted octanol–water partition coefficient (Wildman–Crippen LogP) is 3.40. The van der Waals surface area contributed by atoms with Crippen molar-refractivity contribution >= 4 is 23.2 Å². The number of aromatic nitrogens is 3. The minimum Gasteiger partial charge on any atom is -0.490 e. The van der Waals surface area contributed by atoms with E-state index in [1.165, 1.54) is 0 Å². The number of nitrogens with one attached hydrogen (secondary N) is 2. The van der Waals surface area contributed by atoms with E-state index >= 15 is 0 Å². The quantitative estimate of drug-likeness (QED) is 0.556. The number of rotatable bonds is 9. The van der Waals surface area contributed by atoms with Crippen LogP contribution in [0, 0.1) is 6.92 Å². The van der Waals surface area contributed by atoms with E-state index < -0.39 is 0 Å². The van der Waals surface area contributed by atoms with Crippen LogP contribution in [0.15, 0.2) is 49.1 Å². The molecule has 0 fully saturated rings. The van der Waals surface area contributed by atoms with Gasteiger partial charge in [0.15, 0.2) is 18.1 Å². The monoisotopic (exact) mass is 415 g/mol. The Labute approximate surface area is 173 Å². The van der Waals surface area contributed by atoms with Crippen LogP contribution < -0.4 is 20.2 Å². The second-order valence-corrected chi connectivity index (χ2v) is 6.65. The maximum absolute atomic E-state index is 12.2. The van der Waals surface area contributed by atoms with Crippen molar-refractivity contribution in [3.05, 3.63) is 65.2 Å². The van der Waals surface area contributed by atoms with Gasteiger partial charge in [-0.25, -0.2) is 4.68 Å². The van der Waals surface area contributed by atoms with Gasteiger partial charge in [-0.1, -0.05) is 29.3 Å². The smallest absolute Gasteiger partial charge is 0.262 e. The molecule has 0 atom stereocenters. The summed E-state index contributed by atoms with van der Waals surface area (Å²) in [4.78, 5) is 12.2. The van der Waals surface area contributed by atoms with Crippen molar-refractivity contribution in [3.63, 3.8) is 0 Å². The van der Waals surface area contributed by atoms with Crippen LogP contribution in [0.3, 0.4) is 0 Å². The van der Waals surface area contributed by atoms with E-state index in [4.69, 9.17) is 21.1 Å². The van der Waals surface area contributed by atoms with Gasteiger partial charge in [0.2, 0.25) is 0 Å². The zero-order valence-corrected chi connectivity index (χ0v) is 16.9. The van der Waals surface area contributed by atoms with Crippen LogP contribution >= 0.6 is 11.6 Å². The third kappa shape index (κ3) is 5.86. The summed E-state index contributed by atoms with van der Waals surface area (Å²) in [6, 6.07) is 11.1. The molecular formula is C20H22ClN5O3. The number of carbonyl (C=O) groups excluding carboxylic acids is 1. The molecule has 1 aromatic heterocycles. The summed E-state index contributed by atoms with van der Waals surface area (Å²) >= 11 is 6.40. The van der Waals surface area contributed by atoms with Crippen molar-refractivity contribution in [1.29, 1.82) is 0 Å². The summed E-state index contributed by atoms with van der Waals surface area (Å²) in [5, 5.41) is 10.6. The Balaban J connectivity index is 1.65. The first-order valence-corrected chi connectivity index (χ1v) is 9.46. The van der Waals surface area contributed by atoms with E-state index in [2.05, 4.69) is 20.9 Å². The average Bonchev–Trinajstić information content (AvgIpc) is 3.21. The van der Waals surface area contributed by atoms with Gasteiger partial charge in [-0.15, -0.1) is 10.2 Å². The highest BCUT2D eigenvalue weighted by Crippen LogP contribution is 2.36. The van der Waals surface area contributed by atoms with E-state index in [-0.39, 0.29) is 12.5 Å². The maximum atomic E-state index is 12.2. The SMILES string of the molecule is CCOc1cc(CNn2cnnc2)cc(Cl)c1OCC(=O)Nc1ccc(C)cc1. The summed E-state index contributed by atoms with van der Waals surface area (Å²) in [7, 11) is 0. The first kappa shape index (κ1) is 20.5. The molecule has 3 rings (SSSR count). The fourth-order valence-corrected chi connectivity index (χ4v) is 2.85. The van der Waals surface area contributed by atoms with Crippen molar-refractivity contribution < 1.29 is 14.3 Å². The number of ether oxygens (including phenoxy) is 2. The number of carbonyl (C=O) groups is 1. The molecule has 152 valence electrons. The van der Waals surface area contributed by atoms with Crippen molar-refractivity contribution in [2.75, 3.05) is 24.0 Å². The summed E-state index contributed by atoms with van der Waals surface area (Å²) < 4.78 is 13.0. The van der Waals surface area contributed by atoms with Crippen molar-refractivity contribution in [3.8, 4) is 11.5 Å². The molecule has 0 aliphatic rings. The third-order valence-electron chi connectivity index (χ3n) is 3.94. The highest BCUT2D eigenvalue weighted by Gasteiger charge is 2.15. The first-order valence-electron chi connectivity index (χ1n) is 9.08. The minimum atomic E-state index is -0.286. The number of aryl methyl sites for hydroxylation is 1. The van der Waals surface area contributed by atoms with Crippen LogP contribution in [0.25, 0.3) is 0 Å². The van der Waals surface area contributed by atoms with Crippen LogP contribution in [0.1, 0.15) is 18.1 Å². The molecule has 9 heteroatoms. The number of hydrogen-bond acceptors (Lipinski definition) is 6. The maximum Gasteiger partial charge on any atom is 0.262 e. The predicted molar refractivity (Wildman–Crippen MR) is 111 cm³/mol.